The van der Waals surface area contributed by atoms with Crippen molar-refractivity contribution in [2.75, 3.05) is 13.2 Å². The van der Waals surface area contributed by atoms with E-state index in [1.807, 2.05) is 12.1 Å². The van der Waals surface area contributed by atoms with Crippen LogP contribution < -0.4 is 10.1 Å². The predicted molar refractivity (Wildman–Crippen MR) is 116 cm³/mol. The van der Waals surface area contributed by atoms with Gasteiger partial charge in [-0.2, -0.15) is 0 Å². The third-order valence-electron chi connectivity index (χ3n) is 4.46. The summed E-state index contributed by atoms with van der Waals surface area (Å²) < 4.78 is 5.84. The first-order valence-corrected chi connectivity index (χ1v) is 10.7. The van der Waals surface area contributed by atoms with E-state index < -0.39 is 0 Å². The van der Waals surface area contributed by atoms with Crippen LogP contribution in [0.1, 0.15) is 83.1 Å². The number of nitrogens with one attached hydrogen (secondary N) is 1. The number of hydrogen-bond acceptors (Lipinski definition) is 2. The van der Waals surface area contributed by atoms with Gasteiger partial charge in [0.15, 0.2) is 0 Å². The van der Waals surface area contributed by atoms with Gasteiger partial charge in [-0.25, -0.2) is 0 Å². The molecule has 0 unspecified atom stereocenters. The summed E-state index contributed by atoms with van der Waals surface area (Å²) in [5.41, 5.74) is 1.17. The topological polar surface area (TPSA) is 38.3 Å². The molecule has 1 N–H and O–H groups in total. The first-order valence-electron chi connectivity index (χ1n) is 10.7. The molecule has 1 radical (unpaired) electrons. The highest BCUT2D eigenvalue weighted by Gasteiger charge is 2.01. The highest BCUT2D eigenvalue weighted by molar-refractivity contribution is 5.75. The maximum atomic E-state index is 11.7. The Morgan fingerprint density at radius 1 is 1.11 bits per heavy atom. The highest BCUT2D eigenvalue weighted by atomic mass is 16.5. The van der Waals surface area contributed by atoms with Crippen molar-refractivity contribution < 1.29 is 9.53 Å². The summed E-state index contributed by atoms with van der Waals surface area (Å²) in [5, 5.41) is 3.01. The molecule has 1 aromatic carbocycles. The normalized spacial score (nSPS) is 11.0. The minimum atomic E-state index is 0.186. The zero-order valence-corrected chi connectivity index (χ0v) is 17.2. The highest BCUT2D eigenvalue weighted by Crippen LogP contribution is 2.15. The van der Waals surface area contributed by atoms with Crippen molar-refractivity contribution in [3.63, 3.8) is 0 Å². The van der Waals surface area contributed by atoms with Crippen molar-refractivity contribution in [2.24, 2.45) is 0 Å². The minimum Gasteiger partial charge on any atom is -0.494 e. The second-order valence-corrected chi connectivity index (χ2v) is 7.04. The second kappa shape index (κ2) is 16.4. The third kappa shape index (κ3) is 13.1. The molecule has 0 atom stereocenters. The van der Waals surface area contributed by atoms with E-state index >= 15 is 0 Å². The zero-order valence-electron chi connectivity index (χ0n) is 17.2. The van der Waals surface area contributed by atoms with Crippen LogP contribution in [0.25, 0.3) is 6.08 Å². The Morgan fingerprint density at radius 3 is 2.78 bits per heavy atom. The van der Waals surface area contributed by atoms with E-state index in [4.69, 9.17) is 4.74 Å². The number of amides is 1. The predicted octanol–water partition coefficient (Wildman–Crippen LogP) is 6.34. The summed E-state index contributed by atoms with van der Waals surface area (Å²) in [5.74, 6) is 1.10. The molecule has 0 spiro atoms. The van der Waals surface area contributed by atoms with E-state index in [0.717, 1.165) is 57.2 Å². The molecule has 0 bridgehead atoms. The largest absolute Gasteiger partial charge is 0.494 e. The summed E-state index contributed by atoms with van der Waals surface area (Å²) in [7, 11) is 0. The van der Waals surface area contributed by atoms with E-state index in [1.165, 1.54) is 24.8 Å². The van der Waals surface area contributed by atoms with Gasteiger partial charge < -0.3 is 10.1 Å². The Kier molecular flexibility index (Phi) is 14.1. The van der Waals surface area contributed by atoms with Crippen LogP contribution >= 0.6 is 0 Å². The van der Waals surface area contributed by atoms with E-state index in [1.54, 1.807) is 0 Å². The van der Waals surface area contributed by atoms with Crippen LogP contribution in [0.15, 0.2) is 30.3 Å². The molecule has 1 amide bonds. The maximum Gasteiger partial charge on any atom is 0.219 e. The van der Waals surface area contributed by atoms with Crippen molar-refractivity contribution >= 4 is 12.0 Å². The second-order valence-electron chi connectivity index (χ2n) is 7.04. The lowest BCUT2D eigenvalue weighted by molar-refractivity contribution is -0.121. The number of ether oxygens (including phenoxy) is 1. The molecular weight excluding hydrogens is 334 g/mol. The standard InChI is InChI=1S/C24H38NO2/c1-3-5-7-10-15-22-16-14-17-23(21-22)27-20-13-9-11-18-24(26)25-19-12-8-6-4-2/h10,14-17,21H,1,3-9,11-13,18-20H2,2H3,(H,25,26). The van der Waals surface area contributed by atoms with Crippen molar-refractivity contribution in [1.82, 2.24) is 5.32 Å². The van der Waals surface area contributed by atoms with E-state index in [9.17, 15) is 4.79 Å². The molecular formula is C24H38NO2. The van der Waals surface area contributed by atoms with Crippen LogP contribution in [0.3, 0.4) is 0 Å². The van der Waals surface area contributed by atoms with E-state index in [0.29, 0.717) is 13.0 Å². The molecule has 1 rings (SSSR count). The number of hydrogen-bond donors (Lipinski definition) is 1. The van der Waals surface area contributed by atoms with Gasteiger partial charge in [-0.05, 0) is 56.2 Å². The lowest BCUT2D eigenvalue weighted by Gasteiger charge is -2.07. The van der Waals surface area contributed by atoms with Gasteiger partial charge in [0.1, 0.15) is 5.75 Å². The van der Waals surface area contributed by atoms with Crippen LogP contribution in [0.5, 0.6) is 5.75 Å². The molecule has 0 aromatic heterocycles. The number of rotatable bonds is 16. The summed E-state index contributed by atoms with van der Waals surface area (Å²) in [6, 6.07) is 8.20. The molecule has 3 nitrogen and oxygen atoms in total. The zero-order chi connectivity index (χ0) is 19.6. The van der Waals surface area contributed by atoms with Gasteiger partial charge in [0.05, 0.1) is 6.61 Å². The molecule has 27 heavy (non-hydrogen) atoms. The lowest BCUT2D eigenvalue weighted by Crippen LogP contribution is -2.23. The molecule has 0 aliphatic heterocycles. The fourth-order valence-corrected chi connectivity index (χ4v) is 2.81. The Labute approximate surface area is 166 Å². The van der Waals surface area contributed by atoms with Crippen LogP contribution in [0.4, 0.5) is 0 Å². The van der Waals surface area contributed by atoms with Gasteiger partial charge in [0.2, 0.25) is 5.91 Å². The van der Waals surface area contributed by atoms with Crippen molar-refractivity contribution in [3.8, 4) is 5.75 Å². The van der Waals surface area contributed by atoms with Gasteiger partial charge >= 0.3 is 0 Å². The van der Waals surface area contributed by atoms with E-state index in [-0.39, 0.29) is 5.91 Å². The average Bonchev–Trinajstić information content (AvgIpc) is 2.68. The van der Waals surface area contributed by atoms with Crippen molar-refractivity contribution in [1.29, 1.82) is 0 Å². The number of allylic oxidation sites excluding steroid dienone is 1. The first kappa shape index (κ1) is 23.3. The Hall–Kier alpha value is -1.77. The molecule has 151 valence electrons. The maximum absolute atomic E-state index is 11.7. The first-order chi connectivity index (χ1) is 13.3. The molecule has 0 aliphatic carbocycles. The molecule has 0 saturated heterocycles. The molecule has 3 heteroatoms. The summed E-state index contributed by atoms with van der Waals surface area (Å²) >= 11 is 0. The van der Waals surface area contributed by atoms with Gasteiger partial charge in [0, 0.05) is 13.0 Å². The number of carbonyl (C=O) groups is 1. The van der Waals surface area contributed by atoms with Crippen LogP contribution in [-0.4, -0.2) is 19.1 Å². The summed E-state index contributed by atoms with van der Waals surface area (Å²) in [4.78, 5) is 11.7. The summed E-state index contributed by atoms with van der Waals surface area (Å²) in [6.07, 6.45) is 15.9. The minimum absolute atomic E-state index is 0.186. The van der Waals surface area contributed by atoms with Crippen LogP contribution in [0, 0.1) is 6.92 Å². The van der Waals surface area contributed by atoms with Crippen molar-refractivity contribution in [3.05, 3.63) is 42.8 Å². The summed E-state index contributed by atoms with van der Waals surface area (Å²) in [6.45, 7) is 7.58. The number of carbonyl (C=O) groups excluding carboxylic acids is 1. The quantitative estimate of drug-likeness (QED) is 0.344. The molecule has 0 fully saturated rings. The van der Waals surface area contributed by atoms with Gasteiger partial charge in [-0.15, -0.1) is 0 Å². The fraction of sp³-hybridized carbons (Fsp3) is 0.583. The molecule has 0 saturated carbocycles. The van der Waals surface area contributed by atoms with Gasteiger partial charge in [0.25, 0.3) is 0 Å². The molecule has 0 heterocycles. The molecule has 1 aromatic rings. The average molecular weight is 373 g/mol. The van der Waals surface area contributed by atoms with Crippen LogP contribution in [0.2, 0.25) is 0 Å². The Balaban J connectivity index is 2.07. The Morgan fingerprint density at radius 2 is 1.96 bits per heavy atom. The van der Waals surface area contributed by atoms with Crippen molar-refractivity contribution in [2.45, 2.75) is 77.6 Å². The monoisotopic (exact) mass is 372 g/mol. The fourth-order valence-electron chi connectivity index (χ4n) is 2.81. The van der Waals surface area contributed by atoms with Gasteiger partial charge in [-0.1, -0.05) is 63.8 Å². The SMILES string of the molecule is [CH2]CCCC=Cc1cccc(OCCCCCC(=O)NCCCCCC)c1. The lowest BCUT2D eigenvalue weighted by atomic mass is 10.1. The van der Waals surface area contributed by atoms with Crippen LogP contribution in [-0.2, 0) is 4.79 Å². The molecule has 0 aliphatic rings. The van der Waals surface area contributed by atoms with E-state index in [2.05, 4.69) is 43.4 Å². The van der Waals surface area contributed by atoms with Gasteiger partial charge in [-0.3, -0.25) is 4.79 Å². The number of benzene rings is 1. The Bertz CT molecular complexity index is 525. The number of unbranched alkanes of at least 4 members (excludes halogenated alkanes) is 7. The smallest absolute Gasteiger partial charge is 0.219 e. The third-order valence-corrected chi connectivity index (χ3v) is 4.46.